The number of ketones is 1. The van der Waals surface area contributed by atoms with Crippen LogP contribution in [0, 0.1) is 5.41 Å². The molecule has 0 unspecified atom stereocenters. The Kier molecular flexibility index (Phi) is 7.12. The van der Waals surface area contributed by atoms with Gasteiger partial charge in [-0.15, -0.1) is 0 Å². The molecule has 0 radical (unpaired) electrons. The van der Waals surface area contributed by atoms with Crippen molar-refractivity contribution < 1.29 is 14.3 Å². The number of nitrogens with one attached hydrogen (secondary N) is 1. The van der Waals surface area contributed by atoms with Gasteiger partial charge in [-0.05, 0) is 51.4 Å². The Morgan fingerprint density at radius 1 is 1.06 bits per heavy atom. The Labute approximate surface area is 204 Å². The predicted molar refractivity (Wildman–Crippen MR) is 131 cm³/mol. The third kappa shape index (κ3) is 5.10. The highest BCUT2D eigenvalue weighted by Crippen LogP contribution is 2.34. The average Bonchev–Trinajstić information content (AvgIpc) is 2.80. The van der Waals surface area contributed by atoms with Gasteiger partial charge in [0.25, 0.3) is 0 Å². The highest BCUT2D eigenvalue weighted by atomic mass is 35.5. The molecule has 2 aliphatic heterocycles. The Bertz CT molecular complexity index is 1050. The molecule has 33 heavy (non-hydrogen) atoms. The summed E-state index contributed by atoms with van der Waals surface area (Å²) in [4.78, 5) is 33.7. The maximum absolute atomic E-state index is 12.5. The zero-order valence-corrected chi connectivity index (χ0v) is 20.4. The molecule has 0 bridgehead atoms. The fraction of sp³-hybridized carbons (Fsp3) is 0.458. The molecule has 0 atom stereocenters. The molecule has 7 nitrogen and oxygen atoms in total. The van der Waals surface area contributed by atoms with E-state index >= 15 is 0 Å². The van der Waals surface area contributed by atoms with Gasteiger partial charge in [-0.2, -0.15) is 4.98 Å². The summed E-state index contributed by atoms with van der Waals surface area (Å²) in [7, 11) is 0. The first kappa shape index (κ1) is 23.8. The number of Topliss-reactive ketones (excluding diaryl/α,β-unsaturated/α-hetero) is 1. The molecule has 176 valence electrons. The van der Waals surface area contributed by atoms with Gasteiger partial charge < -0.3 is 15.0 Å². The highest BCUT2D eigenvalue weighted by Gasteiger charge is 2.42. The first-order valence-corrected chi connectivity index (χ1v) is 11.9. The molecule has 1 N–H and O–H groups in total. The van der Waals surface area contributed by atoms with Gasteiger partial charge >= 0.3 is 0 Å². The van der Waals surface area contributed by atoms with Gasteiger partial charge in [0.15, 0.2) is 5.78 Å². The number of unbranched alkanes of at least 4 members (excludes halogenated alkanes) is 1. The quantitative estimate of drug-likeness (QED) is 0.453. The van der Waals surface area contributed by atoms with Gasteiger partial charge in [-0.3, -0.25) is 14.5 Å². The zero-order valence-electron chi connectivity index (χ0n) is 18.9. The number of nitrogens with zero attached hydrogens (tertiary/aromatic N) is 3. The number of fused-ring (bicyclic) bond motifs is 1. The molecule has 0 spiro atoms. The molecular formula is C24H28Cl2N4O3. The van der Waals surface area contributed by atoms with Crippen LogP contribution in [0.25, 0.3) is 0 Å². The van der Waals surface area contributed by atoms with E-state index in [1.54, 1.807) is 26.0 Å². The van der Waals surface area contributed by atoms with Crippen LogP contribution in [0.3, 0.4) is 0 Å². The Morgan fingerprint density at radius 2 is 1.82 bits per heavy atom. The normalized spacial score (nSPS) is 18.1. The number of anilines is 2. The van der Waals surface area contributed by atoms with E-state index in [2.05, 4.69) is 20.1 Å². The van der Waals surface area contributed by atoms with E-state index in [1.165, 1.54) is 0 Å². The summed E-state index contributed by atoms with van der Waals surface area (Å²) in [6, 6.07) is 9.11. The molecule has 9 heteroatoms. The van der Waals surface area contributed by atoms with Crippen molar-refractivity contribution in [1.82, 2.24) is 9.88 Å². The zero-order chi connectivity index (χ0) is 23.6. The molecule has 1 saturated heterocycles. The van der Waals surface area contributed by atoms with Crippen LogP contribution in [0.1, 0.15) is 37.0 Å². The van der Waals surface area contributed by atoms with E-state index in [9.17, 15) is 9.59 Å². The lowest BCUT2D eigenvalue weighted by Crippen LogP contribution is -2.46. The number of hydrogen-bond acceptors (Lipinski definition) is 6. The van der Waals surface area contributed by atoms with Crippen LogP contribution >= 0.6 is 23.2 Å². The van der Waals surface area contributed by atoms with Gasteiger partial charge in [0.05, 0.1) is 27.9 Å². The summed E-state index contributed by atoms with van der Waals surface area (Å²) in [6.45, 7) is 8.53. The van der Waals surface area contributed by atoms with Crippen LogP contribution in [0.15, 0.2) is 30.3 Å². The number of piperazine rings is 1. The van der Waals surface area contributed by atoms with E-state index in [0.717, 1.165) is 51.3 Å². The molecule has 1 aromatic carbocycles. The maximum atomic E-state index is 12.5. The second-order valence-electron chi connectivity index (χ2n) is 8.91. The van der Waals surface area contributed by atoms with Crippen LogP contribution in [-0.2, 0) is 4.79 Å². The fourth-order valence-electron chi connectivity index (χ4n) is 4.07. The van der Waals surface area contributed by atoms with Crippen molar-refractivity contribution in [2.24, 2.45) is 5.41 Å². The number of aromatic nitrogens is 1. The molecule has 2 aliphatic rings. The third-order valence-corrected chi connectivity index (χ3v) is 7.05. The number of amides is 1. The van der Waals surface area contributed by atoms with Crippen molar-refractivity contribution in [3.05, 3.63) is 45.9 Å². The van der Waals surface area contributed by atoms with Crippen LogP contribution in [-0.4, -0.2) is 60.9 Å². The molecule has 0 aliphatic carbocycles. The summed E-state index contributed by atoms with van der Waals surface area (Å²) in [5.74, 6) is 0.119. The second kappa shape index (κ2) is 9.87. The Balaban J connectivity index is 1.19. The predicted octanol–water partition coefficient (Wildman–Crippen LogP) is 4.53. The lowest BCUT2D eigenvalue weighted by Gasteiger charge is -2.36. The van der Waals surface area contributed by atoms with Crippen LogP contribution in [0.4, 0.5) is 11.5 Å². The van der Waals surface area contributed by atoms with Crippen molar-refractivity contribution >= 4 is 46.4 Å². The number of hydrogen-bond donors (Lipinski definition) is 1. The van der Waals surface area contributed by atoms with Crippen LogP contribution < -0.4 is 15.0 Å². The first-order chi connectivity index (χ1) is 15.8. The van der Waals surface area contributed by atoms with Crippen molar-refractivity contribution in [1.29, 1.82) is 0 Å². The lowest BCUT2D eigenvalue weighted by atomic mass is 9.81. The standard InChI is InChI=1S/C24H28Cl2N4O3/c1-24(2)21(31)16-8-9-19(27-22(16)28-23(24)32)33-15-4-3-10-29-11-13-30(14-12-29)18-7-5-6-17(25)20(18)26/h5-9H,3-4,10-15H2,1-2H3,(H,27,28,32). The number of carbonyl (C=O) groups is 2. The number of carbonyl (C=O) groups excluding carboxylic acids is 2. The highest BCUT2D eigenvalue weighted by molar-refractivity contribution is 6.43. The summed E-state index contributed by atoms with van der Waals surface area (Å²) in [5, 5.41) is 3.91. The van der Waals surface area contributed by atoms with Crippen LogP contribution in [0.5, 0.6) is 5.88 Å². The molecule has 2 aromatic rings. The molecule has 1 aromatic heterocycles. The number of rotatable bonds is 7. The second-order valence-corrected chi connectivity index (χ2v) is 9.70. The smallest absolute Gasteiger partial charge is 0.239 e. The number of ether oxygens (including phenoxy) is 1. The SMILES string of the molecule is CC1(C)C(=O)Nc2nc(OCCCCN3CCN(c4cccc(Cl)c4Cl)CC3)ccc2C1=O. The number of halogens is 2. The van der Waals surface area contributed by atoms with Crippen LogP contribution in [0.2, 0.25) is 10.0 Å². The Hall–Kier alpha value is -2.35. The van der Waals surface area contributed by atoms with E-state index < -0.39 is 5.41 Å². The molecule has 0 saturated carbocycles. The molecule has 1 amide bonds. The summed E-state index contributed by atoms with van der Waals surface area (Å²) in [6.07, 6.45) is 1.89. The van der Waals surface area contributed by atoms with Crippen molar-refractivity contribution in [2.75, 3.05) is 49.5 Å². The summed E-state index contributed by atoms with van der Waals surface area (Å²) in [5.41, 5.74) is 0.338. The molecular weight excluding hydrogens is 463 g/mol. The van der Waals surface area contributed by atoms with Gasteiger partial charge in [-0.25, -0.2) is 0 Å². The largest absolute Gasteiger partial charge is 0.478 e. The van der Waals surface area contributed by atoms with E-state index in [-0.39, 0.29) is 17.5 Å². The van der Waals surface area contributed by atoms with Crippen molar-refractivity contribution in [3.8, 4) is 5.88 Å². The average molecular weight is 491 g/mol. The minimum absolute atomic E-state index is 0.224. The fourth-order valence-corrected chi connectivity index (χ4v) is 4.48. The van der Waals surface area contributed by atoms with Gasteiger partial charge in [0, 0.05) is 32.2 Å². The lowest BCUT2D eigenvalue weighted by molar-refractivity contribution is -0.122. The summed E-state index contributed by atoms with van der Waals surface area (Å²) >= 11 is 12.5. The van der Waals surface area contributed by atoms with Crippen molar-refractivity contribution in [3.63, 3.8) is 0 Å². The topological polar surface area (TPSA) is 74.8 Å². The molecule has 4 rings (SSSR count). The van der Waals surface area contributed by atoms with Gasteiger partial charge in [0.2, 0.25) is 11.8 Å². The minimum atomic E-state index is -1.08. The number of pyridine rings is 1. The Morgan fingerprint density at radius 3 is 2.58 bits per heavy atom. The van der Waals surface area contributed by atoms with E-state index in [4.69, 9.17) is 27.9 Å². The van der Waals surface area contributed by atoms with Gasteiger partial charge in [-0.1, -0.05) is 29.3 Å². The molecule has 3 heterocycles. The van der Waals surface area contributed by atoms with Gasteiger partial charge in [0.1, 0.15) is 11.2 Å². The maximum Gasteiger partial charge on any atom is 0.239 e. The van der Waals surface area contributed by atoms with E-state index in [0.29, 0.717) is 28.1 Å². The monoisotopic (exact) mass is 490 g/mol. The summed E-state index contributed by atoms with van der Waals surface area (Å²) < 4.78 is 5.76. The van der Waals surface area contributed by atoms with E-state index in [1.807, 2.05) is 18.2 Å². The third-order valence-electron chi connectivity index (χ3n) is 6.24. The first-order valence-electron chi connectivity index (χ1n) is 11.2. The van der Waals surface area contributed by atoms with Crippen molar-refractivity contribution in [2.45, 2.75) is 26.7 Å². The minimum Gasteiger partial charge on any atom is -0.478 e. The molecule has 1 fully saturated rings. The number of benzene rings is 1.